The fourth-order valence-corrected chi connectivity index (χ4v) is 5.82. The van der Waals surface area contributed by atoms with Crippen molar-refractivity contribution in [2.45, 2.75) is 44.0 Å². The van der Waals surface area contributed by atoms with Gasteiger partial charge in [0.1, 0.15) is 11.4 Å². The fourth-order valence-electron chi connectivity index (χ4n) is 5.82. The quantitative estimate of drug-likeness (QED) is 0.438. The van der Waals surface area contributed by atoms with Crippen molar-refractivity contribution in [2.24, 2.45) is 5.16 Å². The molecule has 9 nitrogen and oxygen atoms in total. The molecule has 3 aromatic rings. The van der Waals surface area contributed by atoms with Crippen molar-refractivity contribution in [3.63, 3.8) is 0 Å². The molecule has 1 spiro atoms. The molecule has 1 saturated heterocycles. The third kappa shape index (κ3) is 5.26. The molecule has 0 bridgehead atoms. The normalized spacial score (nSPS) is 18.2. The molecule has 1 amide bonds. The number of halogens is 3. The summed E-state index contributed by atoms with van der Waals surface area (Å²) < 4.78 is 47.5. The molecular weight excluding hydrogens is 549 g/mol. The van der Waals surface area contributed by atoms with Crippen LogP contribution in [0.5, 0.6) is 5.75 Å². The van der Waals surface area contributed by atoms with Crippen molar-refractivity contribution in [3.8, 4) is 5.75 Å². The third-order valence-corrected chi connectivity index (χ3v) is 8.25. The maximum atomic E-state index is 14.0. The van der Waals surface area contributed by atoms with Gasteiger partial charge in [0, 0.05) is 69.7 Å². The number of amides is 1. The number of nitrogens with zero attached hydrogens (tertiary/aromatic N) is 5. The molecule has 0 unspecified atom stereocenters. The minimum Gasteiger partial charge on any atom is -0.495 e. The highest BCUT2D eigenvalue weighted by atomic mass is 19.4. The van der Waals surface area contributed by atoms with E-state index in [-0.39, 0.29) is 29.6 Å². The number of piperidine rings is 1. The molecule has 3 aliphatic rings. The largest absolute Gasteiger partial charge is 0.495 e. The monoisotopic (exact) mass is 580 g/mol. The summed E-state index contributed by atoms with van der Waals surface area (Å²) in [6.07, 6.45) is -1.57. The molecule has 6 rings (SSSR count). The van der Waals surface area contributed by atoms with Gasteiger partial charge in [-0.3, -0.25) is 4.79 Å². The first-order valence-corrected chi connectivity index (χ1v) is 13.7. The van der Waals surface area contributed by atoms with Gasteiger partial charge in [0.25, 0.3) is 5.91 Å². The van der Waals surface area contributed by atoms with Crippen molar-refractivity contribution in [1.29, 1.82) is 0 Å². The molecule has 0 radical (unpaired) electrons. The number of rotatable bonds is 6. The van der Waals surface area contributed by atoms with Crippen LogP contribution < -0.4 is 10.1 Å². The molecule has 42 heavy (non-hydrogen) atoms. The summed E-state index contributed by atoms with van der Waals surface area (Å²) in [5.74, 6) is 0.219. The van der Waals surface area contributed by atoms with Crippen LogP contribution in [0.25, 0.3) is 0 Å². The van der Waals surface area contributed by atoms with Crippen LogP contribution in [0.4, 0.5) is 24.8 Å². The molecule has 220 valence electrons. The predicted octanol–water partition coefficient (Wildman–Crippen LogP) is 5.01. The Kier molecular flexibility index (Phi) is 7.04. The van der Waals surface area contributed by atoms with Gasteiger partial charge in [-0.25, -0.2) is 9.97 Å². The number of fused-ring (bicyclic) bond motifs is 1. The lowest BCUT2D eigenvalue weighted by Gasteiger charge is -2.35. The van der Waals surface area contributed by atoms with Gasteiger partial charge in [0.2, 0.25) is 5.95 Å². The van der Waals surface area contributed by atoms with Crippen LogP contribution in [0, 0.1) is 0 Å². The Morgan fingerprint density at radius 2 is 1.93 bits per heavy atom. The van der Waals surface area contributed by atoms with E-state index < -0.39 is 11.7 Å². The number of benzene rings is 2. The zero-order valence-electron chi connectivity index (χ0n) is 23.6. The van der Waals surface area contributed by atoms with Gasteiger partial charge in [-0.2, -0.15) is 13.2 Å². The number of aromatic nitrogens is 2. The van der Waals surface area contributed by atoms with E-state index in [0.717, 1.165) is 49.0 Å². The Bertz CT molecular complexity index is 1570. The number of hydrogen-bond acceptors (Lipinski definition) is 8. The number of anilines is 2. The standard InChI is InChI=1S/C30H31F3N6O3/c1-38-11-9-29(10-12-38)15-24(37-42-29)18-7-8-22(25(14-18)41-3)35-28-34-16-21(30(31,32)33)23(36-28)13-19-5-4-6-20-17-39(2)27(40)26(19)20/h4-8,14,16H,9-13,15,17H2,1-3H3,(H,34,35,36). The number of likely N-dealkylation sites (tertiary alicyclic amines) is 1. The molecule has 1 aromatic heterocycles. The minimum absolute atomic E-state index is 0.0214. The molecular formula is C30H31F3N6O3. The Hall–Kier alpha value is -4.19. The summed E-state index contributed by atoms with van der Waals surface area (Å²) in [6, 6.07) is 10.7. The van der Waals surface area contributed by atoms with Gasteiger partial charge in [-0.05, 0) is 30.3 Å². The molecule has 1 N–H and O–H groups in total. The van der Waals surface area contributed by atoms with Crippen LogP contribution in [0.3, 0.4) is 0 Å². The number of carbonyl (C=O) groups excluding carboxylic acids is 1. The molecule has 0 aliphatic carbocycles. The number of oxime groups is 1. The first kappa shape index (κ1) is 28.0. The van der Waals surface area contributed by atoms with Gasteiger partial charge >= 0.3 is 6.18 Å². The smallest absolute Gasteiger partial charge is 0.419 e. The van der Waals surface area contributed by atoms with Crippen LogP contribution in [0.1, 0.15) is 57.6 Å². The zero-order valence-corrected chi connectivity index (χ0v) is 23.6. The van der Waals surface area contributed by atoms with E-state index >= 15 is 0 Å². The number of nitrogens with one attached hydrogen (secondary N) is 1. The summed E-state index contributed by atoms with van der Waals surface area (Å²) in [5, 5.41) is 7.39. The van der Waals surface area contributed by atoms with E-state index in [0.29, 0.717) is 35.5 Å². The summed E-state index contributed by atoms with van der Waals surface area (Å²) in [7, 11) is 5.27. The number of carbonyl (C=O) groups is 1. The average Bonchev–Trinajstić information content (AvgIpc) is 3.51. The number of methoxy groups -OCH3 is 1. The van der Waals surface area contributed by atoms with Gasteiger partial charge < -0.3 is 24.7 Å². The summed E-state index contributed by atoms with van der Waals surface area (Å²) >= 11 is 0. The summed E-state index contributed by atoms with van der Waals surface area (Å²) in [4.78, 5) is 30.7. The molecule has 0 saturated carbocycles. The zero-order chi connectivity index (χ0) is 29.6. The minimum atomic E-state index is -4.67. The van der Waals surface area contributed by atoms with E-state index in [1.54, 1.807) is 30.1 Å². The Morgan fingerprint density at radius 3 is 2.67 bits per heavy atom. The second-order valence-corrected chi connectivity index (χ2v) is 11.2. The van der Waals surface area contributed by atoms with Crippen LogP contribution >= 0.6 is 0 Å². The van der Waals surface area contributed by atoms with Crippen LogP contribution in [-0.2, 0) is 24.0 Å². The lowest BCUT2D eigenvalue weighted by Crippen LogP contribution is -2.42. The molecule has 1 fully saturated rings. The molecule has 12 heteroatoms. The van der Waals surface area contributed by atoms with Crippen LogP contribution in [0.15, 0.2) is 47.8 Å². The summed E-state index contributed by atoms with van der Waals surface area (Å²) in [6.45, 7) is 2.31. The van der Waals surface area contributed by atoms with Gasteiger partial charge in [0.15, 0.2) is 0 Å². The van der Waals surface area contributed by atoms with Crippen molar-refractivity contribution in [1.82, 2.24) is 19.8 Å². The lowest BCUT2D eigenvalue weighted by atomic mass is 9.85. The highest BCUT2D eigenvalue weighted by Gasteiger charge is 2.42. The van der Waals surface area contributed by atoms with Gasteiger partial charge in [-0.15, -0.1) is 0 Å². The maximum absolute atomic E-state index is 14.0. The van der Waals surface area contributed by atoms with Crippen LogP contribution in [0.2, 0.25) is 0 Å². The Morgan fingerprint density at radius 1 is 1.14 bits per heavy atom. The van der Waals surface area contributed by atoms with E-state index in [2.05, 4.69) is 32.4 Å². The van der Waals surface area contributed by atoms with Crippen molar-refractivity contribution in [3.05, 3.63) is 76.1 Å². The highest BCUT2D eigenvalue weighted by molar-refractivity contribution is 6.02. The van der Waals surface area contributed by atoms with E-state index in [1.807, 2.05) is 18.2 Å². The Labute approximate surface area is 241 Å². The maximum Gasteiger partial charge on any atom is 0.419 e. The van der Waals surface area contributed by atoms with Gasteiger partial charge in [0.05, 0.1) is 29.8 Å². The van der Waals surface area contributed by atoms with Crippen molar-refractivity contribution < 1.29 is 27.5 Å². The number of alkyl halides is 3. The predicted molar refractivity (Wildman–Crippen MR) is 150 cm³/mol. The number of hydrogen-bond donors (Lipinski definition) is 1. The van der Waals surface area contributed by atoms with Crippen LogP contribution in [-0.4, -0.2) is 71.3 Å². The summed E-state index contributed by atoms with van der Waals surface area (Å²) in [5.41, 5.74) is 2.39. The molecule has 0 atom stereocenters. The first-order valence-electron chi connectivity index (χ1n) is 13.7. The molecule has 3 aliphatic heterocycles. The van der Waals surface area contributed by atoms with E-state index in [4.69, 9.17) is 9.57 Å². The number of ether oxygens (including phenoxy) is 1. The highest BCUT2D eigenvalue weighted by Crippen LogP contribution is 2.38. The lowest BCUT2D eigenvalue weighted by molar-refractivity contribution is -0.138. The van der Waals surface area contributed by atoms with Crippen molar-refractivity contribution in [2.75, 3.05) is 39.6 Å². The van der Waals surface area contributed by atoms with E-state index in [1.165, 1.54) is 7.11 Å². The van der Waals surface area contributed by atoms with Gasteiger partial charge in [-0.1, -0.05) is 29.4 Å². The topological polar surface area (TPSA) is 92.2 Å². The SMILES string of the molecule is COc1cc(C2=NOC3(CCN(C)CC3)C2)ccc1Nc1ncc(C(F)(F)F)c(Cc2cccc3c2C(=O)N(C)C3)n1. The first-order chi connectivity index (χ1) is 20.0. The second-order valence-electron chi connectivity index (χ2n) is 11.2. The average molecular weight is 581 g/mol. The fraction of sp³-hybridized carbons (Fsp3) is 0.400. The molecule has 2 aromatic carbocycles. The van der Waals surface area contributed by atoms with Crippen molar-refractivity contribution >= 4 is 23.3 Å². The molecule has 4 heterocycles. The Balaban J connectivity index is 1.26. The third-order valence-electron chi connectivity index (χ3n) is 8.25. The van der Waals surface area contributed by atoms with E-state index in [9.17, 15) is 18.0 Å². The second kappa shape index (κ2) is 10.6.